The van der Waals surface area contributed by atoms with E-state index in [1.165, 1.54) is 28.4 Å². The maximum atomic E-state index is 12.5. The third kappa shape index (κ3) is 4.01. The lowest BCUT2D eigenvalue weighted by molar-refractivity contribution is -0.116. The van der Waals surface area contributed by atoms with E-state index < -0.39 is 15.9 Å². The fraction of sp³-hybridized carbons (Fsp3) is 0.222. The van der Waals surface area contributed by atoms with Gasteiger partial charge < -0.3 is 10.1 Å². The predicted octanol–water partition coefficient (Wildman–Crippen LogP) is 1.36. The third-order valence-corrected chi connectivity index (χ3v) is 4.72. The molecule has 1 heterocycles. The first kappa shape index (κ1) is 19.5. The van der Waals surface area contributed by atoms with Gasteiger partial charge in [-0.05, 0) is 24.3 Å². The van der Waals surface area contributed by atoms with Gasteiger partial charge in [-0.1, -0.05) is 12.1 Å². The number of aryl methyl sites for hydroxylation is 1. The first-order valence-electron chi connectivity index (χ1n) is 8.29. The number of nitrogens with one attached hydrogen (secondary N) is 2. The summed E-state index contributed by atoms with van der Waals surface area (Å²) in [6, 6.07) is 11.7. The van der Waals surface area contributed by atoms with E-state index in [-0.39, 0.29) is 23.7 Å². The number of carbonyl (C=O) groups is 1. The molecule has 0 fully saturated rings. The highest BCUT2D eigenvalue weighted by atomic mass is 32.2. The third-order valence-electron chi connectivity index (χ3n) is 4.13. The Labute approximate surface area is 161 Å². The van der Waals surface area contributed by atoms with E-state index in [0.717, 1.165) is 11.8 Å². The number of para-hydroxylation sites is 2. The summed E-state index contributed by atoms with van der Waals surface area (Å²) >= 11 is 0. The quantitative estimate of drug-likeness (QED) is 0.644. The molecule has 3 rings (SSSR count). The van der Waals surface area contributed by atoms with E-state index in [1.807, 2.05) is 12.1 Å². The molecule has 0 radical (unpaired) electrons. The van der Waals surface area contributed by atoms with Crippen molar-refractivity contribution in [2.24, 2.45) is 7.05 Å². The molecule has 0 aliphatic heterocycles. The van der Waals surface area contributed by atoms with Crippen LogP contribution in [0.4, 0.5) is 11.4 Å². The molecule has 0 atom stereocenters. The smallest absolute Gasteiger partial charge is 0.329 e. The number of anilines is 2. The molecule has 1 amide bonds. The Morgan fingerprint density at radius 3 is 2.46 bits per heavy atom. The zero-order chi connectivity index (χ0) is 20.5. The van der Waals surface area contributed by atoms with Crippen LogP contribution < -0.4 is 20.5 Å². The van der Waals surface area contributed by atoms with Gasteiger partial charge in [0.1, 0.15) is 12.3 Å². The van der Waals surface area contributed by atoms with Gasteiger partial charge in [-0.3, -0.25) is 18.7 Å². The fourth-order valence-corrected chi connectivity index (χ4v) is 3.48. The first-order valence-corrected chi connectivity index (χ1v) is 10.2. The Morgan fingerprint density at radius 1 is 1.14 bits per heavy atom. The highest BCUT2D eigenvalue weighted by Gasteiger charge is 2.14. The molecule has 2 N–H and O–H groups in total. The second-order valence-corrected chi connectivity index (χ2v) is 8.00. The van der Waals surface area contributed by atoms with Crippen LogP contribution in [0.3, 0.4) is 0 Å². The van der Waals surface area contributed by atoms with Crippen molar-refractivity contribution in [1.29, 1.82) is 0 Å². The largest absolute Gasteiger partial charge is 0.494 e. The highest BCUT2D eigenvalue weighted by Crippen LogP contribution is 2.28. The van der Waals surface area contributed by atoms with E-state index in [4.69, 9.17) is 4.74 Å². The van der Waals surface area contributed by atoms with Gasteiger partial charge in [-0.25, -0.2) is 13.2 Å². The number of ether oxygens (including phenoxy) is 1. The van der Waals surface area contributed by atoms with Crippen LogP contribution in [-0.2, 0) is 28.4 Å². The van der Waals surface area contributed by atoms with Crippen LogP contribution in [0.2, 0.25) is 0 Å². The lowest BCUT2D eigenvalue weighted by Crippen LogP contribution is -2.28. The highest BCUT2D eigenvalue weighted by molar-refractivity contribution is 7.92. The fourth-order valence-electron chi connectivity index (χ4n) is 2.91. The Balaban J connectivity index is 1.83. The molecule has 1 aromatic heterocycles. The van der Waals surface area contributed by atoms with Crippen molar-refractivity contribution in [2.75, 3.05) is 23.4 Å². The summed E-state index contributed by atoms with van der Waals surface area (Å²) in [6.07, 6.45) is 1.03. The lowest BCUT2D eigenvalue weighted by Gasteiger charge is -2.12. The SMILES string of the molecule is COc1cc(NC(=O)Cn2c(=O)n(C)c3ccccc32)ccc1NS(C)(=O)=O. The van der Waals surface area contributed by atoms with Crippen LogP contribution in [0.25, 0.3) is 11.0 Å². The number of imidazole rings is 1. The van der Waals surface area contributed by atoms with Gasteiger partial charge in [-0.2, -0.15) is 0 Å². The Morgan fingerprint density at radius 2 is 1.82 bits per heavy atom. The number of rotatable bonds is 6. The summed E-state index contributed by atoms with van der Waals surface area (Å²) in [6.45, 7) is -0.161. The number of hydrogen-bond donors (Lipinski definition) is 2. The Bertz CT molecular complexity index is 1210. The van der Waals surface area contributed by atoms with Crippen molar-refractivity contribution in [3.05, 3.63) is 52.9 Å². The Kier molecular flexibility index (Phi) is 5.14. The molecule has 28 heavy (non-hydrogen) atoms. The number of sulfonamides is 1. The number of methoxy groups -OCH3 is 1. The van der Waals surface area contributed by atoms with E-state index in [9.17, 15) is 18.0 Å². The van der Waals surface area contributed by atoms with Gasteiger partial charge in [0.25, 0.3) is 0 Å². The van der Waals surface area contributed by atoms with Gasteiger partial charge in [0.15, 0.2) is 0 Å². The molecular formula is C18H20N4O5S. The van der Waals surface area contributed by atoms with Crippen LogP contribution in [-0.4, -0.2) is 36.8 Å². The molecule has 0 bridgehead atoms. The zero-order valence-corrected chi connectivity index (χ0v) is 16.4. The topological polar surface area (TPSA) is 111 Å². The van der Waals surface area contributed by atoms with Crippen LogP contribution in [0.15, 0.2) is 47.3 Å². The molecule has 0 unspecified atom stereocenters. The number of aromatic nitrogens is 2. The zero-order valence-electron chi connectivity index (χ0n) is 15.6. The summed E-state index contributed by atoms with van der Waals surface area (Å²) < 4.78 is 33.2. The Hall–Kier alpha value is -3.27. The van der Waals surface area contributed by atoms with Gasteiger partial charge in [0.05, 0.1) is 30.1 Å². The molecule has 3 aromatic rings. The first-order chi connectivity index (χ1) is 13.2. The average molecular weight is 404 g/mol. The van der Waals surface area contributed by atoms with E-state index in [1.54, 1.807) is 25.2 Å². The van der Waals surface area contributed by atoms with E-state index in [2.05, 4.69) is 10.0 Å². The number of nitrogens with zero attached hydrogens (tertiary/aromatic N) is 2. The lowest BCUT2D eigenvalue weighted by atomic mass is 10.2. The van der Waals surface area contributed by atoms with Crippen molar-refractivity contribution in [3.8, 4) is 5.75 Å². The molecular weight excluding hydrogens is 384 g/mol. The van der Waals surface area contributed by atoms with Crippen LogP contribution >= 0.6 is 0 Å². The summed E-state index contributed by atoms with van der Waals surface area (Å²) in [4.78, 5) is 24.9. The summed E-state index contributed by atoms with van der Waals surface area (Å²) in [5, 5.41) is 2.69. The van der Waals surface area contributed by atoms with Crippen LogP contribution in [0.5, 0.6) is 5.75 Å². The molecule has 2 aromatic carbocycles. The summed E-state index contributed by atoms with van der Waals surface area (Å²) in [7, 11) is -0.424. The summed E-state index contributed by atoms with van der Waals surface area (Å²) in [5.74, 6) is -0.144. The normalized spacial score (nSPS) is 11.4. The molecule has 9 nitrogen and oxygen atoms in total. The number of fused-ring (bicyclic) bond motifs is 1. The molecule has 148 valence electrons. The second kappa shape index (κ2) is 7.39. The molecule has 0 saturated heterocycles. The number of amides is 1. The van der Waals surface area contributed by atoms with Gasteiger partial charge >= 0.3 is 5.69 Å². The van der Waals surface area contributed by atoms with Crippen molar-refractivity contribution in [1.82, 2.24) is 9.13 Å². The van der Waals surface area contributed by atoms with E-state index in [0.29, 0.717) is 11.2 Å². The van der Waals surface area contributed by atoms with Crippen molar-refractivity contribution >= 4 is 38.3 Å². The van der Waals surface area contributed by atoms with Crippen LogP contribution in [0.1, 0.15) is 0 Å². The van der Waals surface area contributed by atoms with E-state index >= 15 is 0 Å². The summed E-state index contributed by atoms with van der Waals surface area (Å²) in [5.41, 5.74) is 1.78. The van der Waals surface area contributed by atoms with Gasteiger partial charge in [0.2, 0.25) is 15.9 Å². The average Bonchev–Trinajstić information content (AvgIpc) is 2.87. The van der Waals surface area contributed by atoms with Crippen molar-refractivity contribution in [2.45, 2.75) is 6.54 Å². The monoisotopic (exact) mass is 404 g/mol. The minimum absolute atomic E-state index is 0.161. The second-order valence-electron chi connectivity index (χ2n) is 6.25. The minimum Gasteiger partial charge on any atom is -0.494 e. The van der Waals surface area contributed by atoms with Crippen molar-refractivity contribution in [3.63, 3.8) is 0 Å². The van der Waals surface area contributed by atoms with Gasteiger partial charge in [-0.15, -0.1) is 0 Å². The van der Waals surface area contributed by atoms with Crippen LogP contribution in [0, 0.1) is 0 Å². The molecule has 0 spiro atoms. The number of hydrogen-bond acceptors (Lipinski definition) is 5. The van der Waals surface area contributed by atoms with Crippen molar-refractivity contribution < 1.29 is 17.9 Å². The molecule has 0 saturated carbocycles. The predicted molar refractivity (Wildman–Crippen MR) is 107 cm³/mol. The molecule has 0 aliphatic carbocycles. The standard InChI is InChI=1S/C18H20N4O5S/c1-21-14-6-4-5-7-15(14)22(18(21)24)11-17(23)19-12-8-9-13(16(10-12)27-2)20-28(3,25)26/h4-10,20H,11H2,1-3H3,(H,19,23). The number of carbonyl (C=O) groups excluding carboxylic acids is 1. The maximum absolute atomic E-state index is 12.5. The number of benzene rings is 2. The molecule has 10 heteroatoms. The minimum atomic E-state index is -3.47. The molecule has 0 aliphatic rings. The maximum Gasteiger partial charge on any atom is 0.329 e. The van der Waals surface area contributed by atoms with Gasteiger partial charge in [0, 0.05) is 18.8 Å².